The molecule has 2 aliphatic rings. The summed E-state index contributed by atoms with van der Waals surface area (Å²) in [5, 5.41) is 3.24. The van der Waals surface area contributed by atoms with Crippen LogP contribution in [-0.4, -0.2) is 74.6 Å². The first-order chi connectivity index (χ1) is 16.5. The highest BCUT2D eigenvalue weighted by Crippen LogP contribution is 2.38. The SMILES string of the molecule is C[C@@H]1CN(C(=O)c2ccccc2)CCN1C(=O)C(=O)C1CNc2c1ccnc2-c1cncnc1. The number of aromatic nitrogens is 3. The van der Waals surface area contributed by atoms with Gasteiger partial charge < -0.3 is 15.1 Å². The number of piperazine rings is 1. The number of nitrogens with one attached hydrogen (secondary N) is 1. The van der Waals surface area contributed by atoms with E-state index in [0.717, 1.165) is 16.8 Å². The number of fused-ring (bicyclic) bond motifs is 1. The zero-order valence-corrected chi connectivity index (χ0v) is 18.7. The van der Waals surface area contributed by atoms with Gasteiger partial charge in [0.2, 0.25) is 5.78 Å². The van der Waals surface area contributed by atoms with E-state index < -0.39 is 17.6 Å². The summed E-state index contributed by atoms with van der Waals surface area (Å²) in [6, 6.07) is 10.6. The first-order valence-corrected chi connectivity index (χ1v) is 11.2. The monoisotopic (exact) mass is 456 g/mol. The molecule has 2 amide bonds. The molecule has 4 heterocycles. The number of carbonyl (C=O) groups excluding carboxylic acids is 3. The van der Waals surface area contributed by atoms with Crippen molar-refractivity contribution in [2.45, 2.75) is 18.9 Å². The molecule has 0 aliphatic carbocycles. The van der Waals surface area contributed by atoms with Gasteiger partial charge in [0.25, 0.3) is 11.8 Å². The molecule has 0 saturated carbocycles. The Kier molecular flexibility index (Phi) is 5.75. The fourth-order valence-electron chi connectivity index (χ4n) is 4.64. The summed E-state index contributed by atoms with van der Waals surface area (Å²) < 4.78 is 0. The van der Waals surface area contributed by atoms with E-state index >= 15 is 0 Å². The minimum Gasteiger partial charge on any atom is -0.382 e. The number of hydrogen-bond acceptors (Lipinski definition) is 7. The van der Waals surface area contributed by atoms with Gasteiger partial charge in [-0.15, -0.1) is 0 Å². The van der Waals surface area contributed by atoms with Crippen molar-refractivity contribution in [3.63, 3.8) is 0 Å². The van der Waals surface area contributed by atoms with Crippen LogP contribution in [0.1, 0.15) is 28.8 Å². The first-order valence-electron chi connectivity index (χ1n) is 11.2. The smallest absolute Gasteiger partial charge is 0.291 e. The quantitative estimate of drug-likeness (QED) is 0.598. The van der Waals surface area contributed by atoms with Crippen molar-refractivity contribution in [2.24, 2.45) is 0 Å². The van der Waals surface area contributed by atoms with E-state index in [4.69, 9.17) is 0 Å². The van der Waals surface area contributed by atoms with Crippen LogP contribution in [0.2, 0.25) is 0 Å². The van der Waals surface area contributed by atoms with Gasteiger partial charge in [0.15, 0.2) is 0 Å². The summed E-state index contributed by atoms with van der Waals surface area (Å²) in [5.74, 6) is -1.63. The van der Waals surface area contributed by atoms with E-state index in [1.165, 1.54) is 6.33 Å². The number of rotatable bonds is 4. The molecule has 1 unspecified atom stereocenters. The van der Waals surface area contributed by atoms with Gasteiger partial charge in [-0.25, -0.2) is 9.97 Å². The summed E-state index contributed by atoms with van der Waals surface area (Å²) in [5.41, 5.74) is 3.49. The Morgan fingerprint density at radius 1 is 1.03 bits per heavy atom. The number of nitrogens with zero attached hydrogens (tertiary/aromatic N) is 5. The number of carbonyl (C=O) groups is 3. The van der Waals surface area contributed by atoms with Gasteiger partial charge >= 0.3 is 0 Å². The molecule has 5 rings (SSSR count). The van der Waals surface area contributed by atoms with E-state index in [1.54, 1.807) is 46.6 Å². The van der Waals surface area contributed by atoms with Crippen LogP contribution in [0.25, 0.3) is 11.3 Å². The van der Waals surface area contributed by atoms with E-state index in [0.29, 0.717) is 37.4 Å². The van der Waals surface area contributed by atoms with Crippen LogP contribution in [0, 0.1) is 0 Å². The van der Waals surface area contributed by atoms with Crippen molar-refractivity contribution >= 4 is 23.3 Å². The zero-order chi connectivity index (χ0) is 23.7. The highest BCUT2D eigenvalue weighted by molar-refractivity contribution is 6.38. The standard InChI is InChI=1S/C25H24N6O3/c1-16-14-30(24(33)17-5-3-2-4-6-17)9-10-31(16)25(34)23(32)20-13-29-22-19(20)7-8-28-21(22)18-11-26-15-27-12-18/h2-8,11-12,15-16,20,29H,9-10,13-14H2,1H3/t16-,20?/m1/s1. The van der Waals surface area contributed by atoms with Gasteiger partial charge in [-0.05, 0) is 30.7 Å². The largest absolute Gasteiger partial charge is 0.382 e. The molecule has 0 radical (unpaired) electrons. The summed E-state index contributed by atoms with van der Waals surface area (Å²) in [6.45, 7) is 3.29. The van der Waals surface area contributed by atoms with Gasteiger partial charge in [0, 0.05) is 61.9 Å². The molecule has 1 aromatic carbocycles. The fraction of sp³-hybridized carbons (Fsp3) is 0.280. The normalized spacial score (nSPS) is 19.3. The Bertz CT molecular complexity index is 1230. The summed E-state index contributed by atoms with van der Waals surface area (Å²) in [4.78, 5) is 55.1. The topological polar surface area (TPSA) is 108 Å². The van der Waals surface area contributed by atoms with Crippen LogP contribution < -0.4 is 5.32 Å². The number of pyridine rings is 1. The fourth-order valence-corrected chi connectivity index (χ4v) is 4.64. The Hall–Kier alpha value is -4.14. The van der Waals surface area contributed by atoms with Gasteiger partial charge in [0.05, 0.1) is 17.3 Å². The summed E-state index contributed by atoms with van der Waals surface area (Å²) in [6.07, 6.45) is 6.40. The number of ketones is 1. The molecule has 1 N–H and O–H groups in total. The second kappa shape index (κ2) is 9.01. The van der Waals surface area contributed by atoms with E-state index in [2.05, 4.69) is 20.3 Å². The molecule has 3 aromatic rings. The average Bonchev–Trinajstić information content (AvgIpc) is 3.33. The van der Waals surface area contributed by atoms with Crippen LogP contribution in [0.3, 0.4) is 0 Å². The van der Waals surface area contributed by atoms with Crippen LogP contribution in [0.4, 0.5) is 5.69 Å². The third kappa shape index (κ3) is 3.89. The molecule has 1 fully saturated rings. The first kappa shape index (κ1) is 21.7. The van der Waals surface area contributed by atoms with Crippen molar-refractivity contribution in [2.75, 3.05) is 31.5 Å². The number of benzene rings is 1. The van der Waals surface area contributed by atoms with Gasteiger partial charge in [0.1, 0.15) is 6.33 Å². The number of amides is 2. The highest BCUT2D eigenvalue weighted by atomic mass is 16.2. The Morgan fingerprint density at radius 2 is 1.79 bits per heavy atom. The number of anilines is 1. The second-order valence-corrected chi connectivity index (χ2v) is 8.51. The Labute approximate surface area is 196 Å². The molecular weight excluding hydrogens is 432 g/mol. The van der Waals surface area contributed by atoms with E-state index in [-0.39, 0.29) is 11.9 Å². The van der Waals surface area contributed by atoms with E-state index in [1.807, 2.05) is 25.1 Å². The van der Waals surface area contributed by atoms with Gasteiger partial charge in [-0.3, -0.25) is 19.4 Å². The van der Waals surface area contributed by atoms with Crippen molar-refractivity contribution in [3.05, 3.63) is 72.4 Å². The molecule has 34 heavy (non-hydrogen) atoms. The van der Waals surface area contributed by atoms with Crippen molar-refractivity contribution < 1.29 is 14.4 Å². The lowest BCUT2D eigenvalue weighted by Gasteiger charge is -2.39. The molecule has 2 atom stereocenters. The van der Waals surface area contributed by atoms with Gasteiger partial charge in [-0.2, -0.15) is 0 Å². The van der Waals surface area contributed by atoms with Crippen LogP contribution in [0.5, 0.6) is 0 Å². The maximum atomic E-state index is 13.3. The Balaban J connectivity index is 1.30. The average molecular weight is 457 g/mol. The maximum Gasteiger partial charge on any atom is 0.291 e. The molecule has 9 nitrogen and oxygen atoms in total. The molecule has 1 saturated heterocycles. The molecular formula is C25H24N6O3. The van der Waals surface area contributed by atoms with Crippen molar-refractivity contribution in [3.8, 4) is 11.3 Å². The van der Waals surface area contributed by atoms with Crippen molar-refractivity contribution in [1.29, 1.82) is 0 Å². The van der Waals surface area contributed by atoms with Crippen molar-refractivity contribution in [1.82, 2.24) is 24.8 Å². The van der Waals surface area contributed by atoms with Gasteiger partial charge in [-0.1, -0.05) is 18.2 Å². The third-order valence-corrected chi connectivity index (χ3v) is 6.40. The lowest BCUT2D eigenvalue weighted by molar-refractivity contribution is -0.148. The molecule has 172 valence electrons. The number of hydrogen-bond donors (Lipinski definition) is 1. The molecule has 0 spiro atoms. The Morgan fingerprint density at radius 3 is 2.53 bits per heavy atom. The van der Waals surface area contributed by atoms with E-state index in [9.17, 15) is 14.4 Å². The van der Waals surface area contributed by atoms with Crippen LogP contribution in [-0.2, 0) is 9.59 Å². The molecule has 0 bridgehead atoms. The predicted molar refractivity (Wildman–Crippen MR) is 125 cm³/mol. The lowest BCUT2D eigenvalue weighted by atomic mass is 9.95. The molecule has 2 aliphatic heterocycles. The number of Topliss-reactive ketones (excluding diaryl/α,β-unsaturated/α-hetero) is 1. The second-order valence-electron chi connectivity index (χ2n) is 8.51. The predicted octanol–water partition coefficient (Wildman–Crippen LogP) is 1.99. The minimum atomic E-state index is -0.593. The summed E-state index contributed by atoms with van der Waals surface area (Å²) >= 11 is 0. The lowest BCUT2D eigenvalue weighted by Crippen LogP contribution is -2.57. The zero-order valence-electron chi connectivity index (χ0n) is 18.7. The molecule has 2 aromatic heterocycles. The highest BCUT2D eigenvalue weighted by Gasteiger charge is 2.39. The summed E-state index contributed by atoms with van der Waals surface area (Å²) in [7, 11) is 0. The van der Waals surface area contributed by atoms with Crippen LogP contribution in [0.15, 0.2) is 61.3 Å². The minimum absolute atomic E-state index is 0.0651. The maximum absolute atomic E-state index is 13.3. The van der Waals surface area contributed by atoms with Crippen LogP contribution >= 0.6 is 0 Å². The molecule has 9 heteroatoms. The third-order valence-electron chi connectivity index (χ3n) is 6.40.